The SMILES string of the molecule is Cc1ccc(CNCCN(CC2CCN(C(=O)CN3CC(C)C(=O)NC3=O)CC2)C(=O)c2ccc(C(C)(C)C)cc2)cc1. The number of benzene rings is 2. The van der Waals surface area contributed by atoms with Crippen molar-refractivity contribution in [3.8, 4) is 0 Å². The van der Waals surface area contributed by atoms with Crippen molar-refractivity contribution in [2.45, 2.75) is 59.4 Å². The summed E-state index contributed by atoms with van der Waals surface area (Å²) < 4.78 is 0. The molecule has 2 aromatic carbocycles. The molecule has 9 nitrogen and oxygen atoms in total. The van der Waals surface area contributed by atoms with Crippen molar-refractivity contribution in [2.24, 2.45) is 11.8 Å². The average molecular weight is 590 g/mol. The molecule has 2 N–H and O–H groups in total. The van der Waals surface area contributed by atoms with Gasteiger partial charge in [-0.1, -0.05) is 69.7 Å². The first-order valence-corrected chi connectivity index (χ1v) is 15.4. The molecule has 0 bridgehead atoms. The van der Waals surface area contributed by atoms with Crippen molar-refractivity contribution >= 4 is 23.8 Å². The van der Waals surface area contributed by atoms with Gasteiger partial charge in [0.15, 0.2) is 0 Å². The first-order valence-electron chi connectivity index (χ1n) is 15.4. The van der Waals surface area contributed by atoms with Crippen LogP contribution in [0, 0.1) is 18.8 Å². The first kappa shape index (κ1) is 32.2. The van der Waals surface area contributed by atoms with Crippen LogP contribution in [0.5, 0.6) is 0 Å². The third-order valence-corrected chi connectivity index (χ3v) is 8.52. The van der Waals surface area contributed by atoms with Crippen LogP contribution in [0.2, 0.25) is 0 Å². The van der Waals surface area contributed by atoms with Crippen molar-refractivity contribution < 1.29 is 19.2 Å². The van der Waals surface area contributed by atoms with Gasteiger partial charge in [-0.05, 0) is 54.4 Å². The van der Waals surface area contributed by atoms with E-state index in [1.54, 1.807) is 11.8 Å². The lowest BCUT2D eigenvalue weighted by molar-refractivity contribution is -0.135. The van der Waals surface area contributed by atoms with Crippen LogP contribution in [-0.2, 0) is 21.5 Å². The lowest BCUT2D eigenvalue weighted by Gasteiger charge is -2.37. The van der Waals surface area contributed by atoms with E-state index >= 15 is 0 Å². The second-order valence-corrected chi connectivity index (χ2v) is 13.1. The predicted octanol–water partition coefficient (Wildman–Crippen LogP) is 3.95. The van der Waals surface area contributed by atoms with E-state index in [-0.39, 0.29) is 48.1 Å². The minimum atomic E-state index is -0.507. The Morgan fingerprint density at radius 2 is 1.65 bits per heavy atom. The third kappa shape index (κ3) is 8.89. The molecule has 0 radical (unpaired) electrons. The molecule has 4 rings (SSSR count). The van der Waals surface area contributed by atoms with Crippen molar-refractivity contribution in [2.75, 3.05) is 45.8 Å². The van der Waals surface area contributed by atoms with Gasteiger partial charge in [0.05, 0.1) is 5.92 Å². The number of hydrogen-bond donors (Lipinski definition) is 2. The Morgan fingerprint density at radius 1 is 1.00 bits per heavy atom. The van der Waals surface area contributed by atoms with Crippen LogP contribution < -0.4 is 10.6 Å². The highest BCUT2D eigenvalue weighted by atomic mass is 16.2. The van der Waals surface area contributed by atoms with Crippen LogP contribution in [-0.4, -0.2) is 84.3 Å². The highest BCUT2D eigenvalue weighted by Gasteiger charge is 2.32. The number of hydrogen-bond acceptors (Lipinski definition) is 5. The normalized spacial score (nSPS) is 18.0. The molecule has 2 aliphatic rings. The standard InChI is InChI=1S/C34H47N5O4/c1-24-6-8-26(9-7-24)20-35-16-19-38(32(42)28-10-12-29(13-11-28)34(3,4)5)22-27-14-17-37(18-15-27)30(40)23-39-21-25(2)31(41)36-33(39)43/h6-13,25,27,35H,14-23H2,1-5H3,(H,36,41,43). The van der Waals surface area contributed by atoms with Gasteiger partial charge >= 0.3 is 6.03 Å². The quantitative estimate of drug-likeness (QED) is 0.409. The molecule has 0 aromatic heterocycles. The summed E-state index contributed by atoms with van der Waals surface area (Å²) in [5.41, 5.74) is 4.33. The topological polar surface area (TPSA) is 102 Å². The fourth-order valence-corrected chi connectivity index (χ4v) is 5.60. The van der Waals surface area contributed by atoms with Gasteiger partial charge in [-0.3, -0.25) is 19.7 Å². The molecule has 0 saturated carbocycles. The fourth-order valence-electron chi connectivity index (χ4n) is 5.60. The van der Waals surface area contributed by atoms with Crippen LogP contribution >= 0.6 is 0 Å². The van der Waals surface area contributed by atoms with E-state index in [4.69, 9.17) is 0 Å². The number of nitrogens with zero attached hydrogens (tertiary/aromatic N) is 3. The minimum absolute atomic E-state index is 0.0139. The van der Waals surface area contributed by atoms with Crippen LogP contribution in [0.15, 0.2) is 48.5 Å². The van der Waals surface area contributed by atoms with Crippen LogP contribution in [0.1, 0.15) is 67.6 Å². The molecule has 2 aliphatic heterocycles. The smallest absolute Gasteiger partial charge is 0.324 e. The summed E-state index contributed by atoms with van der Waals surface area (Å²) in [5.74, 6) is -0.451. The Labute approximate surface area is 256 Å². The third-order valence-electron chi connectivity index (χ3n) is 8.52. The van der Waals surface area contributed by atoms with Crippen LogP contribution in [0.3, 0.4) is 0 Å². The van der Waals surface area contributed by atoms with E-state index in [1.165, 1.54) is 21.6 Å². The molecule has 1 atom stereocenters. The summed E-state index contributed by atoms with van der Waals surface area (Å²) in [5, 5.41) is 5.81. The minimum Gasteiger partial charge on any atom is -0.341 e. The van der Waals surface area contributed by atoms with Crippen LogP contribution in [0.4, 0.5) is 4.79 Å². The second-order valence-electron chi connectivity index (χ2n) is 13.1. The molecule has 2 aromatic rings. The van der Waals surface area contributed by atoms with E-state index < -0.39 is 6.03 Å². The number of carbonyl (C=O) groups is 4. The fraction of sp³-hybridized carbons (Fsp3) is 0.529. The van der Waals surface area contributed by atoms with Gasteiger partial charge in [0.1, 0.15) is 6.54 Å². The summed E-state index contributed by atoms with van der Waals surface area (Å²) in [6.45, 7) is 14.3. The molecule has 2 heterocycles. The lowest BCUT2D eigenvalue weighted by atomic mass is 9.86. The zero-order valence-corrected chi connectivity index (χ0v) is 26.3. The Bertz CT molecular complexity index is 1280. The summed E-state index contributed by atoms with van der Waals surface area (Å²) in [7, 11) is 0. The maximum atomic E-state index is 13.7. The zero-order chi connectivity index (χ0) is 31.1. The summed E-state index contributed by atoms with van der Waals surface area (Å²) in [4.78, 5) is 55.8. The Balaban J connectivity index is 1.34. The number of carbonyl (C=O) groups excluding carboxylic acids is 4. The van der Waals surface area contributed by atoms with E-state index in [9.17, 15) is 19.2 Å². The van der Waals surface area contributed by atoms with Crippen LogP contribution in [0.25, 0.3) is 0 Å². The largest absolute Gasteiger partial charge is 0.341 e. The molecule has 2 saturated heterocycles. The second kappa shape index (κ2) is 14.2. The number of urea groups is 1. The van der Waals surface area contributed by atoms with Gasteiger partial charge in [-0.15, -0.1) is 0 Å². The van der Waals surface area contributed by atoms with Crippen molar-refractivity contribution in [3.63, 3.8) is 0 Å². The van der Waals surface area contributed by atoms with E-state index in [2.05, 4.69) is 62.6 Å². The van der Waals surface area contributed by atoms with Gasteiger partial charge in [0.25, 0.3) is 5.91 Å². The molecule has 0 aliphatic carbocycles. The molecule has 232 valence electrons. The van der Waals surface area contributed by atoms with E-state index in [0.717, 1.165) is 19.4 Å². The van der Waals surface area contributed by atoms with Gasteiger partial charge < -0.3 is 20.0 Å². The summed E-state index contributed by atoms with van der Waals surface area (Å²) >= 11 is 0. The maximum absolute atomic E-state index is 13.7. The molecular formula is C34H47N5O4. The van der Waals surface area contributed by atoms with E-state index in [1.807, 2.05) is 29.2 Å². The number of imide groups is 1. The highest BCUT2D eigenvalue weighted by molar-refractivity contribution is 5.99. The van der Waals surface area contributed by atoms with Gasteiger partial charge in [-0.2, -0.15) is 0 Å². The molecule has 9 heteroatoms. The van der Waals surface area contributed by atoms with Crippen molar-refractivity contribution in [1.29, 1.82) is 0 Å². The average Bonchev–Trinajstić information content (AvgIpc) is 2.98. The van der Waals surface area contributed by atoms with Gasteiger partial charge in [0, 0.05) is 51.4 Å². The first-order chi connectivity index (χ1) is 20.4. The van der Waals surface area contributed by atoms with E-state index in [0.29, 0.717) is 38.3 Å². The molecular weight excluding hydrogens is 542 g/mol. The predicted molar refractivity (Wildman–Crippen MR) is 168 cm³/mol. The number of aryl methyl sites for hydroxylation is 1. The molecule has 0 spiro atoms. The van der Waals surface area contributed by atoms with Gasteiger partial charge in [0.2, 0.25) is 11.8 Å². The highest BCUT2D eigenvalue weighted by Crippen LogP contribution is 2.24. The van der Waals surface area contributed by atoms with Gasteiger partial charge in [-0.25, -0.2) is 4.79 Å². The zero-order valence-electron chi connectivity index (χ0n) is 26.3. The summed E-state index contributed by atoms with van der Waals surface area (Å²) in [6, 6.07) is 15.9. The number of nitrogens with one attached hydrogen (secondary N) is 2. The van der Waals surface area contributed by atoms with Crippen molar-refractivity contribution in [3.05, 3.63) is 70.8 Å². The van der Waals surface area contributed by atoms with Crippen molar-refractivity contribution in [1.82, 2.24) is 25.3 Å². The Kier molecular flexibility index (Phi) is 10.6. The maximum Gasteiger partial charge on any atom is 0.324 e. The molecule has 2 fully saturated rings. The number of amides is 5. The number of likely N-dealkylation sites (tertiary alicyclic amines) is 1. The summed E-state index contributed by atoms with van der Waals surface area (Å²) in [6.07, 6.45) is 1.58. The lowest BCUT2D eigenvalue weighted by Crippen LogP contribution is -2.56. The Morgan fingerprint density at radius 3 is 2.28 bits per heavy atom. The number of rotatable bonds is 10. The monoisotopic (exact) mass is 589 g/mol. The molecule has 5 amide bonds. The molecule has 1 unspecified atom stereocenters. The molecule has 43 heavy (non-hydrogen) atoms. The Hall–Kier alpha value is -3.72. The number of piperidine rings is 1.